The first-order valence-corrected chi connectivity index (χ1v) is 8.98. The van der Waals surface area contributed by atoms with E-state index in [9.17, 15) is 14.7 Å². The summed E-state index contributed by atoms with van der Waals surface area (Å²) in [5.41, 5.74) is 3.93. The monoisotopic (exact) mass is 351 g/mol. The van der Waals surface area contributed by atoms with E-state index in [1.54, 1.807) is 24.3 Å². The van der Waals surface area contributed by atoms with Crippen molar-refractivity contribution < 1.29 is 14.7 Å². The summed E-state index contributed by atoms with van der Waals surface area (Å²) >= 11 is 0. The largest absolute Gasteiger partial charge is 0.478 e. The van der Waals surface area contributed by atoms with E-state index in [1.807, 2.05) is 6.07 Å². The van der Waals surface area contributed by atoms with Crippen LogP contribution in [0.3, 0.4) is 0 Å². The van der Waals surface area contributed by atoms with Gasteiger partial charge in [0, 0.05) is 6.08 Å². The Balaban J connectivity index is 2.16. The molecule has 0 bridgehead atoms. The third-order valence-electron chi connectivity index (χ3n) is 4.10. The molecular formula is C22H25NO3. The molecule has 136 valence electrons. The van der Waals surface area contributed by atoms with E-state index in [1.165, 1.54) is 23.3 Å². The van der Waals surface area contributed by atoms with Crippen molar-refractivity contribution >= 4 is 23.6 Å². The molecule has 0 aliphatic rings. The third-order valence-corrected chi connectivity index (χ3v) is 4.10. The number of benzene rings is 2. The van der Waals surface area contributed by atoms with Gasteiger partial charge in [-0.05, 0) is 47.7 Å². The molecule has 0 spiro atoms. The molecule has 0 aliphatic carbocycles. The summed E-state index contributed by atoms with van der Waals surface area (Å²) in [6.07, 6.45) is 7.39. The molecule has 2 N–H and O–H groups in total. The number of rotatable bonds is 8. The maximum Gasteiger partial charge on any atom is 0.337 e. The van der Waals surface area contributed by atoms with Crippen molar-refractivity contribution in [2.75, 3.05) is 5.32 Å². The number of nitrogens with one attached hydrogen (secondary N) is 1. The van der Waals surface area contributed by atoms with Gasteiger partial charge in [-0.3, -0.25) is 4.79 Å². The highest BCUT2D eigenvalue weighted by molar-refractivity contribution is 6.06. The van der Waals surface area contributed by atoms with Gasteiger partial charge in [-0.1, -0.05) is 57.0 Å². The SMILES string of the molecule is CCCc1ccc(C=CC(=O)Nc2ccccc2C(=O)O)c(CCC)c1. The average molecular weight is 351 g/mol. The molecule has 1 amide bonds. The summed E-state index contributed by atoms with van der Waals surface area (Å²) in [6.45, 7) is 4.29. The minimum atomic E-state index is -1.07. The molecule has 0 atom stereocenters. The lowest BCUT2D eigenvalue weighted by Gasteiger charge is -2.09. The number of hydrogen-bond acceptors (Lipinski definition) is 2. The van der Waals surface area contributed by atoms with E-state index >= 15 is 0 Å². The van der Waals surface area contributed by atoms with E-state index in [2.05, 4.69) is 31.3 Å². The molecule has 2 aromatic carbocycles. The maximum absolute atomic E-state index is 12.2. The highest BCUT2D eigenvalue weighted by Crippen LogP contribution is 2.18. The molecule has 2 rings (SSSR count). The number of carboxylic acids is 1. The van der Waals surface area contributed by atoms with Crippen LogP contribution in [0, 0.1) is 0 Å². The smallest absolute Gasteiger partial charge is 0.337 e. The van der Waals surface area contributed by atoms with Gasteiger partial charge in [0.15, 0.2) is 0 Å². The van der Waals surface area contributed by atoms with Gasteiger partial charge in [0.25, 0.3) is 0 Å². The molecule has 26 heavy (non-hydrogen) atoms. The predicted octanol–water partition coefficient (Wildman–Crippen LogP) is 4.94. The first-order valence-electron chi connectivity index (χ1n) is 8.98. The van der Waals surface area contributed by atoms with Crippen LogP contribution in [0.2, 0.25) is 0 Å². The van der Waals surface area contributed by atoms with E-state index in [0.717, 1.165) is 31.2 Å². The Kier molecular flexibility index (Phi) is 7.15. The van der Waals surface area contributed by atoms with Crippen molar-refractivity contribution in [3.8, 4) is 0 Å². The molecule has 0 aromatic heterocycles. The van der Waals surface area contributed by atoms with Crippen molar-refractivity contribution in [2.24, 2.45) is 0 Å². The normalized spacial score (nSPS) is 10.8. The summed E-state index contributed by atoms with van der Waals surface area (Å²) in [5, 5.41) is 11.8. The molecule has 0 radical (unpaired) electrons. The third kappa shape index (κ3) is 5.31. The Morgan fingerprint density at radius 1 is 1.04 bits per heavy atom. The van der Waals surface area contributed by atoms with Gasteiger partial charge < -0.3 is 10.4 Å². The van der Waals surface area contributed by atoms with Crippen molar-refractivity contribution in [3.63, 3.8) is 0 Å². The summed E-state index contributed by atoms with van der Waals surface area (Å²) in [5.74, 6) is -1.42. The van der Waals surface area contributed by atoms with Gasteiger partial charge in [-0.2, -0.15) is 0 Å². The molecule has 0 heterocycles. The average Bonchev–Trinajstić information content (AvgIpc) is 2.62. The second-order valence-electron chi connectivity index (χ2n) is 6.21. The van der Waals surface area contributed by atoms with Crippen LogP contribution < -0.4 is 5.32 Å². The Bertz CT molecular complexity index is 809. The Hall–Kier alpha value is -2.88. The standard InChI is InChI=1S/C22H25NO3/c1-3-7-16-11-12-17(18(15-16)8-4-2)13-14-21(24)23-20-10-6-5-9-19(20)22(25)26/h5-6,9-15H,3-4,7-8H2,1-2H3,(H,23,24)(H,25,26). The van der Waals surface area contributed by atoms with Crippen molar-refractivity contribution in [1.29, 1.82) is 0 Å². The number of para-hydroxylation sites is 1. The summed E-state index contributed by atoms with van der Waals surface area (Å²) in [6, 6.07) is 12.7. The fraction of sp³-hybridized carbons (Fsp3) is 0.273. The molecule has 0 unspecified atom stereocenters. The number of anilines is 1. The molecule has 4 heteroatoms. The van der Waals surface area contributed by atoms with E-state index in [4.69, 9.17) is 0 Å². The van der Waals surface area contributed by atoms with E-state index in [0.29, 0.717) is 5.69 Å². The van der Waals surface area contributed by atoms with Gasteiger partial charge in [0.05, 0.1) is 11.3 Å². The number of carbonyl (C=O) groups excluding carboxylic acids is 1. The molecule has 4 nitrogen and oxygen atoms in total. The van der Waals surface area contributed by atoms with Crippen LogP contribution in [0.15, 0.2) is 48.5 Å². The fourth-order valence-corrected chi connectivity index (χ4v) is 2.87. The zero-order chi connectivity index (χ0) is 18.9. The maximum atomic E-state index is 12.2. The highest BCUT2D eigenvalue weighted by atomic mass is 16.4. The van der Waals surface area contributed by atoms with Crippen LogP contribution in [0.4, 0.5) is 5.69 Å². The van der Waals surface area contributed by atoms with Crippen LogP contribution in [0.5, 0.6) is 0 Å². The first kappa shape index (κ1) is 19.4. The lowest BCUT2D eigenvalue weighted by atomic mass is 9.98. The summed E-state index contributed by atoms with van der Waals surface area (Å²) in [7, 11) is 0. The number of aromatic carboxylic acids is 1. The molecule has 0 aliphatic heterocycles. The second-order valence-corrected chi connectivity index (χ2v) is 6.21. The van der Waals surface area contributed by atoms with Crippen LogP contribution in [0.1, 0.15) is 53.7 Å². The van der Waals surface area contributed by atoms with Gasteiger partial charge in [0.1, 0.15) is 0 Å². The molecule has 0 saturated carbocycles. The van der Waals surface area contributed by atoms with Crippen molar-refractivity contribution in [1.82, 2.24) is 0 Å². The van der Waals surface area contributed by atoms with Gasteiger partial charge in [-0.15, -0.1) is 0 Å². The van der Waals surface area contributed by atoms with E-state index < -0.39 is 5.97 Å². The number of amides is 1. The number of hydrogen-bond donors (Lipinski definition) is 2. The van der Waals surface area contributed by atoms with Crippen LogP contribution >= 0.6 is 0 Å². The second kappa shape index (κ2) is 9.56. The highest BCUT2D eigenvalue weighted by Gasteiger charge is 2.10. The van der Waals surface area contributed by atoms with Crippen molar-refractivity contribution in [3.05, 3.63) is 70.8 Å². The minimum Gasteiger partial charge on any atom is -0.478 e. The van der Waals surface area contributed by atoms with Crippen molar-refractivity contribution in [2.45, 2.75) is 39.5 Å². The Labute approximate surface area is 154 Å². The van der Waals surface area contributed by atoms with E-state index in [-0.39, 0.29) is 11.5 Å². The lowest BCUT2D eigenvalue weighted by molar-refractivity contribution is -0.111. The van der Waals surface area contributed by atoms with Crippen LogP contribution in [-0.4, -0.2) is 17.0 Å². The first-order chi connectivity index (χ1) is 12.5. The summed E-state index contributed by atoms with van der Waals surface area (Å²) < 4.78 is 0. The Morgan fingerprint density at radius 3 is 2.46 bits per heavy atom. The topological polar surface area (TPSA) is 66.4 Å². The van der Waals surface area contributed by atoms with Gasteiger partial charge in [-0.25, -0.2) is 4.79 Å². The Morgan fingerprint density at radius 2 is 1.77 bits per heavy atom. The molecule has 2 aromatic rings. The molecular weight excluding hydrogens is 326 g/mol. The zero-order valence-electron chi connectivity index (χ0n) is 15.3. The fourth-order valence-electron chi connectivity index (χ4n) is 2.87. The van der Waals surface area contributed by atoms with Crippen LogP contribution in [-0.2, 0) is 17.6 Å². The number of aryl methyl sites for hydroxylation is 2. The summed E-state index contributed by atoms with van der Waals surface area (Å²) in [4.78, 5) is 23.4. The lowest BCUT2D eigenvalue weighted by Crippen LogP contribution is -2.11. The predicted molar refractivity (Wildman–Crippen MR) is 105 cm³/mol. The molecule has 0 saturated heterocycles. The number of carbonyl (C=O) groups is 2. The minimum absolute atomic E-state index is 0.0739. The zero-order valence-corrected chi connectivity index (χ0v) is 15.3. The van der Waals surface area contributed by atoms with Gasteiger partial charge >= 0.3 is 5.97 Å². The van der Waals surface area contributed by atoms with Gasteiger partial charge in [0.2, 0.25) is 5.91 Å². The number of carboxylic acid groups (broad SMARTS) is 1. The molecule has 0 fully saturated rings. The quantitative estimate of drug-likeness (QED) is 0.662. The van der Waals surface area contributed by atoms with Crippen LogP contribution in [0.25, 0.3) is 6.08 Å².